The van der Waals surface area contributed by atoms with Gasteiger partial charge in [-0.3, -0.25) is 4.79 Å². The zero-order valence-electron chi connectivity index (χ0n) is 17.2. The van der Waals surface area contributed by atoms with Crippen LogP contribution in [0.5, 0.6) is 11.5 Å². The van der Waals surface area contributed by atoms with E-state index in [1.807, 2.05) is 17.0 Å². The van der Waals surface area contributed by atoms with Crippen LogP contribution in [0.1, 0.15) is 29.6 Å². The minimum absolute atomic E-state index is 0.0956. The molecule has 0 aromatic heterocycles. The lowest BCUT2D eigenvalue weighted by atomic mass is 9.79. The second-order valence-electron chi connectivity index (χ2n) is 8.23. The normalized spacial score (nSPS) is 23.2. The van der Waals surface area contributed by atoms with Crippen LogP contribution in [0.3, 0.4) is 0 Å². The summed E-state index contributed by atoms with van der Waals surface area (Å²) in [7, 11) is 7.45. The van der Waals surface area contributed by atoms with E-state index in [-0.39, 0.29) is 11.3 Å². The molecule has 0 aliphatic carbocycles. The number of likely N-dealkylation sites (tertiary alicyclic amines) is 2. The molecule has 0 saturated carbocycles. The molecule has 0 radical (unpaired) electrons. The van der Waals surface area contributed by atoms with Crippen molar-refractivity contribution in [3.63, 3.8) is 0 Å². The Balaban J connectivity index is 1.65. The van der Waals surface area contributed by atoms with Gasteiger partial charge in [-0.25, -0.2) is 0 Å². The molecule has 2 aliphatic heterocycles. The van der Waals surface area contributed by atoms with Gasteiger partial charge in [0.1, 0.15) is 0 Å². The van der Waals surface area contributed by atoms with Crippen LogP contribution >= 0.6 is 0 Å². The molecule has 0 bridgehead atoms. The smallest absolute Gasteiger partial charge is 0.254 e. The lowest BCUT2D eigenvalue weighted by Crippen LogP contribution is -2.47. The Labute approximate surface area is 163 Å². The molecule has 1 atom stereocenters. The topological polar surface area (TPSA) is 45.2 Å². The average Bonchev–Trinajstić information content (AvgIpc) is 3.08. The highest BCUT2D eigenvalue weighted by atomic mass is 16.5. The number of likely N-dealkylation sites (N-methyl/N-ethyl adjacent to an activating group) is 1. The number of ether oxygens (including phenoxy) is 2. The average molecular weight is 376 g/mol. The van der Waals surface area contributed by atoms with E-state index >= 15 is 0 Å². The number of amides is 1. The molecule has 1 aromatic rings. The summed E-state index contributed by atoms with van der Waals surface area (Å²) in [5, 5.41) is 0. The Kier molecular flexibility index (Phi) is 6.27. The van der Waals surface area contributed by atoms with E-state index in [9.17, 15) is 4.79 Å². The standard InChI is InChI=1S/C21H33N3O3/c1-22(2)12-13-23-10-5-8-21(15-23)9-11-24(16-21)20(25)17-6-7-18(26-3)19(14-17)27-4/h6-7,14H,5,8-13,15-16H2,1-4H3. The second kappa shape index (κ2) is 8.48. The summed E-state index contributed by atoms with van der Waals surface area (Å²) in [5.41, 5.74) is 0.932. The summed E-state index contributed by atoms with van der Waals surface area (Å²) in [4.78, 5) is 19.9. The first-order chi connectivity index (χ1) is 13.0. The van der Waals surface area contributed by atoms with Gasteiger partial charge >= 0.3 is 0 Å². The summed E-state index contributed by atoms with van der Waals surface area (Å²) in [6, 6.07) is 5.43. The van der Waals surface area contributed by atoms with E-state index in [4.69, 9.17) is 9.47 Å². The molecule has 0 N–H and O–H groups in total. The first kappa shape index (κ1) is 20.0. The van der Waals surface area contributed by atoms with E-state index in [2.05, 4.69) is 23.9 Å². The SMILES string of the molecule is COc1ccc(C(=O)N2CCC3(CCCN(CCN(C)C)C3)C2)cc1OC. The molecule has 2 aliphatic rings. The van der Waals surface area contributed by atoms with Gasteiger partial charge in [-0.15, -0.1) is 0 Å². The molecule has 3 rings (SSSR count). The third-order valence-corrected chi connectivity index (χ3v) is 5.96. The van der Waals surface area contributed by atoms with Gasteiger partial charge in [0.25, 0.3) is 5.91 Å². The largest absolute Gasteiger partial charge is 0.493 e. The highest BCUT2D eigenvalue weighted by molar-refractivity contribution is 5.95. The van der Waals surface area contributed by atoms with Gasteiger partial charge in [-0.05, 0) is 58.1 Å². The molecule has 2 saturated heterocycles. The third-order valence-electron chi connectivity index (χ3n) is 5.96. The molecule has 1 amide bonds. The fourth-order valence-electron chi connectivity index (χ4n) is 4.44. The molecule has 2 heterocycles. The molecule has 27 heavy (non-hydrogen) atoms. The Bertz CT molecular complexity index is 664. The van der Waals surface area contributed by atoms with Crippen LogP contribution in [0.15, 0.2) is 18.2 Å². The molecular weight excluding hydrogens is 342 g/mol. The summed E-state index contributed by atoms with van der Waals surface area (Å²) in [5.74, 6) is 1.35. The second-order valence-corrected chi connectivity index (χ2v) is 8.23. The zero-order chi connectivity index (χ0) is 19.4. The van der Waals surface area contributed by atoms with Crippen molar-refractivity contribution in [1.29, 1.82) is 0 Å². The number of benzene rings is 1. The van der Waals surface area contributed by atoms with Crippen LogP contribution in [0.25, 0.3) is 0 Å². The Morgan fingerprint density at radius 1 is 1.11 bits per heavy atom. The predicted molar refractivity (Wildman–Crippen MR) is 107 cm³/mol. The summed E-state index contributed by atoms with van der Waals surface area (Å²) in [6.07, 6.45) is 3.55. The minimum Gasteiger partial charge on any atom is -0.493 e. The number of piperidine rings is 1. The van der Waals surface area contributed by atoms with Crippen molar-refractivity contribution in [3.05, 3.63) is 23.8 Å². The monoisotopic (exact) mass is 375 g/mol. The first-order valence-electron chi connectivity index (χ1n) is 9.85. The molecule has 1 unspecified atom stereocenters. The van der Waals surface area contributed by atoms with Crippen LogP contribution in [-0.4, -0.2) is 88.2 Å². The van der Waals surface area contributed by atoms with Crippen LogP contribution < -0.4 is 9.47 Å². The highest BCUT2D eigenvalue weighted by Crippen LogP contribution is 2.39. The molecule has 6 nitrogen and oxygen atoms in total. The quantitative estimate of drug-likeness (QED) is 0.763. The lowest BCUT2D eigenvalue weighted by molar-refractivity contribution is 0.0678. The van der Waals surface area contributed by atoms with Gasteiger partial charge in [0.15, 0.2) is 11.5 Å². The summed E-state index contributed by atoms with van der Waals surface area (Å²) in [6.45, 7) is 6.19. The fraction of sp³-hybridized carbons (Fsp3) is 0.667. The van der Waals surface area contributed by atoms with Crippen LogP contribution in [0.4, 0.5) is 0 Å². The fourth-order valence-corrected chi connectivity index (χ4v) is 4.44. The van der Waals surface area contributed by atoms with Gasteiger partial charge in [-0.2, -0.15) is 0 Å². The van der Waals surface area contributed by atoms with Gasteiger partial charge in [0, 0.05) is 43.7 Å². The molecule has 1 spiro atoms. The number of carbonyl (C=O) groups excluding carboxylic acids is 1. The number of hydrogen-bond acceptors (Lipinski definition) is 5. The van der Waals surface area contributed by atoms with E-state index in [0.29, 0.717) is 17.1 Å². The van der Waals surface area contributed by atoms with Crippen LogP contribution in [-0.2, 0) is 0 Å². The van der Waals surface area contributed by atoms with Gasteiger partial charge < -0.3 is 24.2 Å². The van der Waals surface area contributed by atoms with E-state index in [1.54, 1.807) is 20.3 Å². The highest BCUT2D eigenvalue weighted by Gasteiger charge is 2.42. The number of carbonyl (C=O) groups is 1. The minimum atomic E-state index is 0.0956. The number of rotatable bonds is 6. The number of methoxy groups -OCH3 is 2. The number of hydrogen-bond donors (Lipinski definition) is 0. The molecular formula is C21H33N3O3. The van der Waals surface area contributed by atoms with E-state index in [0.717, 1.165) is 39.1 Å². The van der Waals surface area contributed by atoms with Crippen molar-refractivity contribution < 1.29 is 14.3 Å². The Morgan fingerprint density at radius 3 is 2.59 bits per heavy atom. The summed E-state index contributed by atoms with van der Waals surface area (Å²) < 4.78 is 10.6. The maximum Gasteiger partial charge on any atom is 0.254 e. The van der Waals surface area contributed by atoms with Crippen molar-refractivity contribution in [2.45, 2.75) is 19.3 Å². The molecule has 1 aromatic carbocycles. The maximum absolute atomic E-state index is 13.0. The molecule has 2 fully saturated rings. The number of nitrogens with zero attached hydrogens (tertiary/aromatic N) is 3. The van der Waals surface area contributed by atoms with Gasteiger partial charge in [0.05, 0.1) is 14.2 Å². The lowest BCUT2D eigenvalue weighted by Gasteiger charge is -2.40. The summed E-state index contributed by atoms with van der Waals surface area (Å²) >= 11 is 0. The van der Waals surface area contributed by atoms with Gasteiger partial charge in [-0.1, -0.05) is 0 Å². The van der Waals surface area contributed by atoms with Crippen LogP contribution in [0, 0.1) is 5.41 Å². The maximum atomic E-state index is 13.0. The predicted octanol–water partition coefficient (Wildman–Crippen LogP) is 2.19. The third kappa shape index (κ3) is 4.55. The van der Waals surface area contributed by atoms with E-state index in [1.165, 1.54) is 19.4 Å². The van der Waals surface area contributed by atoms with E-state index < -0.39 is 0 Å². The Morgan fingerprint density at radius 2 is 1.89 bits per heavy atom. The van der Waals surface area contributed by atoms with Crippen molar-refractivity contribution in [2.24, 2.45) is 5.41 Å². The zero-order valence-corrected chi connectivity index (χ0v) is 17.2. The van der Waals surface area contributed by atoms with Crippen molar-refractivity contribution >= 4 is 5.91 Å². The van der Waals surface area contributed by atoms with Crippen molar-refractivity contribution in [2.75, 3.05) is 67.6 Å². The van der Waals surface area contributed by atoms with Crippen molar-refractivity contribution in [1.82, 2.24) is 14.7 Å². The Hall–Kier alpha value is -1.79. The molecule has 6 heteroatoms. The first-order valence-corrected chi connectivity index (χ1v) is 9.85. The molecule has 150 valence electrons. The van der Waals surface area contributed by atoms with Crippen LogP contribution in [0.2, 0.25) is 0 Å². The van der Waals surface area contributed by atoms with Crippen molar-refractivity contribution in [3.8, 4) is 11.5 Å². The van der Waals surface area contributed by atoms with Gasteiger partial charge in [0.2, 0.25) is 0 Å².